The number of amidine groups is 1. The molecule has 2 aliphatic rings. The molecule has 2 N–H and O–H groups in total. The van der Waals surface area contributed by atoms with Gasteiger partial charge in [-0.15, -0.1) is 0 Å². The Bertz CT molecular complexity index is 952. The van der Waals surface area contributed by atoms with Crippen LogP contribution >= 0.6 is 0 Å². The van der Waals surface area contributed by atoms with Gasteiger partial charge in [0.15, 0.2) is 0 Å². The first-order valence-electron chi connectivity index (χ1n) is 9.99. The molecule has 156 valence electrons. The average molecular weight is 407 g/mol. The maximum Gasteiger partial charge on any atom is 0.292 e. The second-order valence-corrected chi connectivity index (χ2v) is 7.38. The molecule has 0 bridgehead atoms. The Balaban J connectivity index is 1.41. The molecule has 30 heavy (non-hydrogen) atoms. The number of hydrazine groups is 1. The smallest absolute Gasteiger partial charge is 0.292 e. The van der Waals surface area contributed by atoms with Crippen molar-refractivity contribution in [2.75, 3.05) is 43.2 Å². The van der Waals surface area contributed by atoms with Crippen LogP contribution in [0.4, 0.5) is 11.4 Å². The minimum Gasteiger partial charge on any atom is -0.379 e. The van der Waals surface area contributed by atoms with E-state index in [1.807, 2.05) is 55.5 Å². The third-order valence-corrected chi connectivity index (χ3v) is 5.04. The molecule has 2 aromatic rings. The summed E-state index contributed by atoms with van der Waals surface area (Å²) in [5.74, 6) is -0.500. The largest absolute Gasteiger partial charge is 0.379 e. The fraction of sp³-hybridized carbons (Fsp3) is 0.318. The van der Waals surface area contributed by atoms with E-state index in [2.05, 4.69) is 20.6 Å². The van der Waals surface area contributed by atoms with Gasteiger partial charge in [0.25, 0.3) is 11.8 Å². The second-order valence-electron chi connectivity index (χ2n) is 7.38. The van der Waals surface area contributed by atoms with E-state index in [1.54, 1.807) is 0 Å². The van der Waals surface area contributed by atoms with Crippen molar-refractivity contribution in [3.05, 3.63) is 59.7 Å². The van der Waals surface area contributed by atoms with Gasteiger partial charge in [0, 0.05) is 25.3 Å². The first-order chi connectivity index (χ1) is 14.6. The molecule has 0 radical (unpaired) electrons. The zero-order valence-electron chi connectivity index (χ0n) is 16.9. The lowest BCUT2D eigenvalue weighted by Crippen LogP contribution is -2.54. The van der Waals surface area contributed by atoms with E-state index < -0.39 is 0 Å². The number of benzene rings is 2. The van der Waals surface area contributed by atoms with E-state index in [1.165, 1.54) is 5.01 Å². The van der Waals surface area contributed by atoms with E-state index in [9.17, 15) is 9.59 Å². The number of hydrogen-bond acceptors (Lipinski definition) is 6. The van der Waals surface area contributed by atoms with Crippen molar-refractivity contribution in [1.29, 1.82) is 0 Å². The maximum absolute atomic E-state index is 12.7. The van der Waals surface area contributed by atoms with Gasteiger partial charge in [0.1, 0.15) is 6.54 Å². The summed E-state index contributed by atoms with van der Waals surface area (Å²) >= 11 is 0. The highest BCUT2D eigenvalue weighted by Crippen LogP contribution is 2.16. The first-order valence-corrected chi connectivity index (χ1v) is 9.99. The van der Waals surface area contributed by atoms with Gasteiger partial charge in [-0.3, -0.25) is 24.9 Å². The molecule has 0 spiro atoms. The predicted molar refractivity (Wildman–Crippen MR) is 115 cm³/mol. The Hall–Kier alpha value is -3.23. The van der Waals surface area contributed by atoms with Gasteiger partial charge in [-0.05, 0) is 36.8 Å². The van der Waals surface area contributed by atoms with Crippen LogP contribution in [-0.4, -0.2) is 55.4 Å². The van der Waals surface area contributed by atoms with Crippen LogP contribution < -0.4 is 15.8 Å². The lowest BCUT2D eigenvalue weighted by atomic mass is 10.2. The molecule has 0 saturated carbocycles. The molecular weight excluding hydrogens is 382 g/mol. The summed E-state index contributed by atoms with van der Waals surface area (Å²) in [7, 11) is 0. The Labute approximate surface area is 175 Å². The third-order valence-electron chi connectivity index (χ3n) is 5.04. The molecular formula is C22H25N5O3. The lowest BCUT2D eigenvalue weighted by Gasteiger charge is -2.28. The van der Waals surface area contributed by atoms with Crippen molar-refractivity contribution < 1.29 is 14.3 Å². The van der Waals surface area contributed by atoms with Crippen molar-refractivity contribution >= 4 is 29.0 Å². The Morgan fingerprint density at radius 2 is 1.93 bits per heavy atom. The minimum absolute atomic E-state index is 0.0826. The standard InChI is InChI=1S/C22H25N5O3/c1-16-5-7-19(8-6-16)27-20(28)14-23-21(25-27)22(29)24-18-4-2-3-17(13-18)15-26-9-11-30-12-10-26/h2-8,13H,9-12,14-15H2,1H3,(H,23,25)(H,24,29). The molecule has 2 amide bonds. The Kier molecular flexibility index (Phi) is 6.06. The molecule has 2 aliphatic heterocycles. The number of carbonyl (C=O) groups excluding carboxylic acids is 2. The number of carbonyl (C=O) groups is 2. The Morgan fingerprint density at radius 1 is 1.17 bits per heavy atom. The maximum atomic E-state index is 12.7. The van der Waals surface area contributed by atoms with Crippen LogP contribution in [0.25, 0.3) is 0 Å². The normalized spacial score (nSPS) is 17.3. The van der Waals surface area contributed by atoms with Crippen LogP contribution in [0.3, 0.4) is 0 Å². The summed E-state index contributed by atoms with van der Waals surface area (Å²) in [5.41, 5.74) is 6.40. The van der Waals surface area contributed by atoms with Crippen molar-refractivity contribution in [2.45, 2.75) is 13.5 Å². The van der Waals surface area contributed by atoms with Gasteiger partial charge in [-0.1, -0.05) is 29.8 Å². The number of aliphatic imine (C=N–C) groups is 1. The Morgan fingerprint density at radius 3 is 2.70 bits per heavy atom. The van der Waals surface area contributed by atoms with Gasteiger partial charge in [0.2, 0.25) is 5.84 Å². The number of morpholine rings is 1. The summed E-state index contributed by atoms with van der Waals surface area (Å²) < 4.78 is 5.39. The quantitative estimate of drug-likeness (QED) is 0.788. The van der Waals surface area contributed by atoms with Crippen LogP contribution in [-0.2, 0) is 20.9 Å². The molecule has 8 heteroatoms. The highest BCUT2D eigenvalue weighted by molar-refractivity contribution is 6.43. The molecule has 0 aliphatic carbocycles. The van der Waals surface area contributed by atoms with Gasteiger partial charge < -0.3 is 10.1 Å². The van der Waals surface area contributed by atoms with Crippen LogP contribution in [0, 0.1) is 6.92 Å². The first kappa shape index (κ1) is 20.1. The summed E-state index contributed by atoms with van der Waals surface area (Å²) in [6, 6.07) is 15.2. The monoisotopic (exact) mass is 407 g/mol. The van der Waals surface area contributed by atoms with Crippen molar-refractivity contribution in [3.8, 4) is 0 Å². The van der Waals surface area contributed by atoms with Gasteiger partial charge in [-0.25, -0.2) is 5.01 Å². The van der Waals surface area contributed by atoms with Gasteiger partial charge in [-0.2, -0.15) is 0 Å². The summed E-state index contributed by atoms with van der Waals surface area (Å²) in [5, 5.41) is 4.23. The second kappa shape index (κ2) is 9.06. The van der Waals surface area contributed by atoms with E-state index in [0.717, 1.165) is 44.0 Å². The third kappa shape index (κ3) is 4.84. The highest BCUT2D eigenvalue weighted by atomic mass is 16.5. The zero-order chi connectivity index (χ0) is 20.9. The fourth-order valence-electron chi connectivity index (χ4n) is 3.40. The topological polar surface area (TPSA) is 86.3 Å². The molecule has 2 aromatic carbocycles. The molecule has 0 aromatic heterocycles. The lowest BCUT2D eigenvalue weighted by molar-refractivity contribution is -0.118. The van der Waals surface area contributed by atoms with E-state index in [0.29, 0.717) is 11.4 Å². The predicted octanol–water partition coefficient (Wildman–Crippen LogP) is 1.72. The van der Waals surface area contributed by atoms with Crippen molar-refractivity contribution in [3.63, 3.8) is 0 Å². The van der Waals surface area contributed by atoms with E-state index >= 15 is 0 Å². The molecule has 1 saturated heterocycles. The zero-order valence-corrected chi connectivity index (χ0v) is 16.9. The number of nitrogens with zero attached hydrogens (tertiary/aromatic N) is 3. The minimum atomic E-state index is -0.386. The molecule has 8 nitrogen and oxygen atoms in total. The molecule has 4 rings (SSSR count). The van der Waals surface area contributed by atoms with Crippen LogP contribution in [0.5, 0.6) is 0 Å². The molecule has 0 atom stereocenters. The molecule has 2 heterocycles. The molecule has 0 unspecified atom stereocenters. The van der Waals surface area contributed by atoms with Crippen molar-refractivity contribution in [2.24, 2.45) is 4.99 Å². The highest BCUT2D eigenvalue weighted by Gasteiger charge is 2.25. The van der Waals surface area contributed by atoms with Crippen LogP contribution in [0.2, 0.25) is 0 Å². The number of hydrogen-bond donors (Lipinski definition) is 2. The van der Waals surface area contributed by atoms with Gasteiger partial charge >= 0.3 is 0 Å². The number of ether oxygens (including phenoxy) is 1. The summed E-state index contributed by atoms with van der Waals surface area (Å²) in [6.07, 6.45) is 0. The van der Waals surface area contributed by atoms with E-state index in [4.69, 9.17) is 4.74 Å². The number of nitrogens with one attached hydrogen (secondary N) is 2. The van der Waals surface area contributed by atoms with E-state index in [-0.39, 0.29) is 24.2 Å². The summed E-state index contributed by atoms with van der Waals surface area (Å²) in [4.78, 5) is 31.4. The fourth-order valence-corrected chi connectivity index (χ4v) is 3.40. The summed E-state index contributed by atoms with van der Waals surface area (Å²) in [6.45, 7) is 6.00. The number of aryl methyl sites for hydroxylation is 1. The van der Waals surface area contributed by atoms with Crippen LogP contribution in [0.1, 0.15) is 11.1 Å². The molecule has 1 fully saturated rings. The van der Waals surface area contributed by atoms with Gasteiger partial charge in [0.05, 0.1) is 18.9 Å². The number of amides is 2. The van der Waals surface area contributed by atoms with Crippen LogP contribution in [0.15, 0.2) is 53.5 Å². The number of anilines is 2. The average Bonchev–Trinajstić information content (AvgIpc) is 2.76. The number of rotatable bonds is 5. The SMILES string of the molecule is Cc1ccc(N2NC(C(=O)Nc3cccc(CN4CCOCC4)c3)=NCC2=O)cc1. The van der Waals surface area contributed by atoms with Crippen molar-refractivity contribution in [1.82, 2.24) is 10.3 Å².